The largest absolute Gasteiger partial charge is 0.330 e. The number of aryl methyl sites for hydroxylation is 1. The number of benzene rings is 1. The third-order valence-corrected chi connectivity index (χ3v) is 7.99. The minimum absolute atomic E-state index is 0.0546. The van der Waals surface area contributed by atoms with E-state index in [4.69, 9.17) is 11.6 Å². The van der Waals surface area contributed by atoms with E-state index in [0.717, 1.165) is 67.7 Å². The van der Waals surface area contributed by atoms with Crippen LogP contribution in [0.5, 0.6) is 0 Å². The number of rotatable bonds is 3. The van der Waals surface area contributed by atoms with Crippen molar-refractivity contribution >= 4 is 29.1 Å². The summed E-state index contributed by atoms with van der Waals surface area (Å²) >= 11 is 6.03. The minimum atomic E-state index is -0.337. The first-order chi connectivity index (χ1) is 13.4. The van der Waals surface area contributed by atoms with Gasteiger partial charge in [0.1, 0.15) is 6.04 Å². The second kappa shape index (κ2) is 6.76. The van der Waals surface area contributed by atoms with Crippen LogP contribution in [0, 0.1) is 30.1 Å². The van der Waals surface area contributed by atoms with Crippen LogP contribution in [0.15, 0.2) is 18.2 Å². The Hall–Kier alpha value is -1.55. The molecule has 4 nitrogen and oxygen atoms in total. The van der Waals surface area contributed by atoms with E-state index < -0.39 is 0 Å². The summed E-state index contributed by atoms with van der Waals surface area (Å²) in [5.74, 6) is 2.43. The van der Waals surface area contributed by atoms with Crippen LogP contribution in [0.1, 0.15) is 56.9 Å². The van der Waals surface area contributed by atoms with Crippen molar-refractivity contribution in [3.8, 4) is 0 Å². The van der Waals surface area contributed by atoms with Gasteiger partial charge in [0.15, 0.2) is 0 Å². The average Bonchev–Trinajstić information content (AvgIpc) is 3.12. The minimum Gasteiger partial charge on any atom is -0.330 e. The molecule has 150 valence electrons. The van der Waals surface area contributed by atoms with Crippen LogP contribution >= 0.6 is 11.6 Å². The maximum absolute atomic E-state index is 13.7. The van der Waals surface area contributed by atoms with Crippen LogP contribution in [-0.2, 0) is 9.59 Å². The number of amides is 2. The smallest absolute Gasteiger partial charge is 0.247 e. The van der Waals surface area contributed by atoms with E-state index in [1.54, 1.807) is 6.07 Å². The number of carbonyl (C=O) groups is 2. The van der Waals surface area contributed by atoms with Gasteiger partial charge < -0.3 is 10.2 Å². The molecule has 4 bridgehead atoms. The van der Waals surface area contributed by atoms with Crippen molar-refractivity contribution in [1.29, 1.82) is 0 Å². The third-order valence-electron chi connectivity index (χ3n) is 7.75. The molecule has 0 radical (unpaired) electrons. The molecule has 1 heterocycles. The van der Waals surface area contributed by atoms with Gasteiger partial charge in [-0.05, 0) is 99.8 Å². The van der Waals surface area contributed by atoms with Crippen molar-refractivity contribution in [2.45, 2.75) is 64.3 Å². The second-order valence-corrected chi connectivity index (χ2v) is 10.2. The van der Waals surface area contributed by atoms with Gasteiger partial charge in [-0.3, -0.25) is 9.59 Å². The zero-order valence-corrected chi connectivity index (χ0v) is 17.3. The molecular formula is C23H29ClN2O2. The Morgan fingerprint density at radius 1 is 1.11 bits per heavy atom. The summed E-state index contributed by atoms with van der Waals surface area (Å²) in [5, 5.41) is 3.71. The number of nitrogens with one attached hydrogen (secondary N) is 1. The van der Waals surface area contributed by atoms with Gasteiger partial charge in [-0.25, -0.2) is 0 Å². The lowest BCUT2D eigenvalue weighted by atomic mass is 9.49. The van der Waals surface area contributed by atoms with Crippen molar-refractivity contribution in [3.63, 3.8) is 0 Å². The SMILES string of the molecule is Cc1cc(Cl)ccc1NC(=O)[C@@H]1CCCN1C(=O)C12CC3CC(CC(C3)C1)C2. The molecule has 1 aromatic carbocycles. The van der Waals surface area contributed by atoms with Crippen molar-refractivity contribution in [2.24, 2.45) is 23.2 Å². The van der Waals surface area contributed by atoms with Crippen molar-refractivity contribution < 1.29 is 9.59 Å². The van der Waals surface area contributed by atoms with Gasteiger partial charge >= 0.3 is 0 Å². The number of anilines is 1. The molecule has 1 saturated heterocycles. The Balaban J connectivity index is 1.34. The fraction of sp³-hybridized carbons (Fsp3) is 0.652. The van der Waals surface area contributed by atoms with Gasteiger partial charge in [0.05, 0.1) is 5.41 Å². The molecule has 2 amide bonds. The number of likely N-dealkylation sites (tertiary alicyclic amines) is 1. The highest BCUT2D eigenvalue weighted by Crippen LogP contribution is 2.60. The molecule has 0 spiro atoms. The predicted octanol–water partition coefficient (Wildman–Crippen LogP) is 4.79. The lowest BCUT2D eigenvalue weighted by Gasteiger charge is -2.56. The molecule has 1 N–H and O–H groups in total. The number of nitrogens with zero attached hydrogens (tertiary/aromatic N) is 1. The monoisotopic (exact) mass is 400 g/mol. The first-order valence-corrected chi connectivity index (χ1v) is 11.2. The summed E-state index contributed by atoms with van der Waals surface area (Å²) in [5.41, 5.74) is 1.55. The number of carbonyl (C=O) groups excluding carboxylic acids is 2. The van der Waals surface area contributed by atoms with Crippen LogP contribution in [0.3, 0.4) is 0 Å². The van der Waals surface area contributed by atoms with E-state index in [2.05, 4.69) is 5.32 Å². The summed E-state index contributed by atoms with van der Waals surface area (Å²) in [6.45, 7) is 2.66. The molecule has 5 aliphatic rings. The summed E-state index contributed by atoms with van der Waals surface area (Å²) in [7, 11) is 0. The maximum atomic E-state index is 13.7. The summed E-state index contributed by atoms with van der Waals surface area (Å²) in [4.78, 5) is 28.7. The Bertz CT molecular complexity index is 786. The molecule has 28 heavy (non-hydrogen) atoms. The van der Waals surface area contributed by atoms with E-state index in [1.807, 2.05) is 24.0 Å². The van der Waals surface area contributed by atoms with Crippen LogP contribution < -0.4 is 5.32 Å². The van der Waals surface area contributed by atoms with Crippen molar-refractivity contribution in [2.75, 3.05) is 11.9 Å². The first kappa shape index (κ1) is 18.5. The highest BCUT2D eigenvalue weighted by Gasteiger charge is 2.56. The Morgan fingerprint density at radius 2 is 1.75 bits per heavy atom. The van der Waals surface area contributed by atoms with Crippen LogP contribution in [0.2, 0.25) is 5.02 Å². The predicted molar refractivity (Wildman–Crippen MR) is 110 cm³/mol. The van der Waals surface area contributed by atoms with Gasteiger partial charge in [-0.1, -0.05) is 11.6 Å². The normalized spacial score (nSPS) is 36.0. The summed E-state index contributed by atoms with van der Waals surface area (Å²) in [6, 6.07) is 5.15. The summed E-state index contributed by atoms with van der Waals surface area (Å²) < 4.78 is 0. The molecule has 4 aliphatic carbocycles. The van der Waals surface area contributed by atoms with Crippen LogP contribution in [0.4, 0.5) is 5.69 Å². The standard InChI is InChI=1S/C23H29ClN2O2/c1-14-7-18(24)4-5-19(14)25-21(27)20-3-2-6-26(20)22(28)23-11-15-8-16(12-23)10-17(9-15)13-23/h4-5,7,15-17,20H,2-3,6,8-13H2,1H3,(H,25,27)/t15?,16?,17?,20-,23?/m0/s1. The molecular weight excluding hydrogens is 372 g/mol. The topological polar surface area (TPSA) is 49.4 Å². The fourth-order valence-corrected chi connectivity index (χ4v) is 7.17. The van der Waals surface area contributed by atoms with E-state index in [0.29, 0.717) is 5.02 Å². The molecule has 0 aromatic heterocycles. The zero-order chi connectivity index (χ0) is 19.5. The van der Waals surface area contributed by atoms with Crippen molar-refractivity contribution in [1.82, 2.24) is 4.90 Å². The van der Waals surface area contributed by atoms with Crippen molar-refractivity contribution in [3.05, 3.63) is 28.8 Å². The quantitative estimate of drug-likeness (QED) is 0.792. The summed E-state index contributed by atoms with van der Waals surface area (Å²) in [6.07, 6.45) is 8.81. The Kier molecular flexibility index (Phi) is 4.46. The molecule has 1 aliphatic heterocycles. The van der Waals surface area contributed by atoms with E-state index in [9.17, 15) is 9.59 Å². The molecule has 6 rings (SSSR count). The molecule has 0 unspecified atom stereocenters. The fourth-order valence-electron chi connectivity index (χ4n) is 6.94. The Labute approximate surface area is 172 Å². The number of hydrogen-bond acceptors (Lipinski definition) is 2. The highest BCUT2D eigenvalue weighted by atomic mass is 35.5. The number of hydrogen-bond donors (Lipinski definition) is 1. The van der Waals surface area contributed by atoms with Gasteiger partial charge in [0.25, 0.3) is 0 Å². The van der Waals surface area contributed by atoms with Crippen LogP contribution in [0.25, 0.3) is 0 Å². The highest BCUT2D eigenvalue weighted by molar-refractivity contribution is 6.30. The molecule has 1 atom stereocenters. The third kappa shape index (κ3) is 3.04. The maximum Gasteiger partial charge on any atom is 0.247 e. The van der Waals surface area contributed by atoms with E-state index >= 15 is 0 Å². The van der Waals surface area contributed by atoms with Gasteiger partial charge in [-0.2, -0.15) is 0 Å². The molecule has 1 aromatic rings. The Morgan fingerprint density at radius 3 is 2.36 bits per heavy atom. The first-order valence-electron chi connectivity index (χ1n) is 10.8. The molecule has 5 heteroatoms. The van der Waals surface area contributed by atoms with Gasteiger partial charge in [-0.15, -0.1) is 0 Å². The van der Waals surface area contributed by atoms with E-state index in [-0.39, 0.29) is 23.3 Å². The zero-order valence-electron chi connectivity index (χ0n) is 16.5. The van der Waals surface area contributed by atoms with Gasteiger partial charge in [0, 0.05) is 17.3 Å². The lowest BCUT2D eigenvalue weighted by Crippen LogP contribution is -2.56. The van der Waals surface area contributed by atoms with E-state index in [1.165, 1.54) is 19.3 Å². The number of halogens is 1. The van der Waals surface area contributed by atoms with Crippen LogP contribution in [-0.4, -0.2) is 29.3 Å². The average molecular weight is 401 g/mol. The molecule has 5 fully saturated rings. The van der Waals surface area contributed by atoms with Gasteiger partial charge in [0.2, 0.25) is 11.8 Å². The lowest BCUT2D eigenvalue weighted by molar-refractivity contribution is -0.160. The second-order valence-electron chi connectivity index (χ2n) is 9.80. The molecule has 4 saturated carbocycles.